The summed E-state index contributed by atoms with van der Waals surface area (Å²) >= 11 is 1.60. The molecule has 0 saturated heterocycles. The van der Waals surface area contributed by atoms with Crippen LogP contribution in [0.4, 0.5) is 0 Å². The molecule has 1 aromatic rings. The summed E-state index contributed by atoms with van der Waals surface area (Å²) in [5, 5.41) is 9.52. The van der Waals surface area contributed by atoms with Crippen LogP contribution in [0.2, 0.25) is 0 Å². The number of aromatic nitrogens is 4. The van der Waals surface area contributed by atoms with Crippen molar-refractivity contribution in [3.8, 4) is 0 Å². The zero-order valence-corrected chi connectivity index (χ0v) is 9.01. The van der Waals surface area contributed by atoms with Gasteiger partial charge in [0.25, 0.3) is 0 Å². The minimum absolute atomic E-state index is 0.0360. The van der Waals surface area contributed by atoms with E-state index in [9.17, 15) is 0 Å². The van der Waals surface area contributed by atoms with E-state index < -0.39 is 0 Å². The predicted molar refractivity (Wildman–Crippen MR) is 48.0 cm³/mol. The number of hydrogen-bond donors (Lipinski definition) is 0. The highest BCUT2D eigenvalue weighted by atomic mass is 32.2. The first-order valence-corrected chi connectivity index (χ1v) is 5.06. The number of hydrogen-bond acceptors (Lipinski definition) is 3. The van der Waals surface area contributed by atoms with Crippen LogP contribution in [0.15, 0.2) is 5.16 Å². The molecule has 0 saturated carbocycles. The highest BCUT2D eigenvalue weighted by Crippen LogP contribution is 2.11. The average Bonchev–Trinajstić information content (AvgIpc) is 2.29. The number of nitrogens with zero attached hydrogens (tertiary/aromatic N) is 4. The van der Waals surface area contributed by atoms with Gasteiger partial charge in [-0.2, -0.15) is 0 Å². The molecule has 0 atom stereocenters. The van der Waals surface area contributed by atoms with E-state index in [0.29, 0.717) is 0 Å². The van der Waals surface area contributed by atoms with Gasteiger partial charge in [0.2, 0.25) is 0 Å². The van der Waals surface area contributed by atoms with Gasteiger partial charge in [0.05, 0.1) is 17.4 Å². The molecule has 0 aliphatic carbocycles. The fraction of sp³-hybridized carbons (Fsp3) is 0.857. The van der Waals surface area contributed by atoms with Gasteiger partial charge in [0.15, 0.2) is 0 Å². The highest BCUT2D eigenvalue weighted by Gasteiger charge is 2.26. The van der Waals surface area contributed by atoms with Crippen molar-refractivity contribution in [1.29, 1.82) is 0 Å². The van der Waals surface area contributed by atoms with Crippen LogP contribution in [0.1, 0.15) is 20.8 Å². The van der Waals surface area contributed by atoms with Crippen LogP contribution in [0.3, 0.4) is 0 Å². The van der Waals surface area contributed by atoms with Crippen molar-refractivity contribution in [2.75, 3.05) is 6.26 Å². The Labute approximate surface area is 76.9 Å². The number of thioether (sulfide) groups is 1. The Bertz CT molecular complexity index is 273. The quantitative estimate of drug-likeness (QED) is 0.476. The Hall–Kier alpha value is -0.580. The third-order valence-electron chi connectivity index (χ3n) is 1.46. The Balaban J connectivity index is 3.05. The Morgan fingerprint density at radius 1 is 1.42 bits per heavy atom. The van der Waals surface area contributed by atoms with Gasteiger partial charge >= 0.3 is 5.16 Å². The van der Waals surface area contributed by atoms with Crippen molar-refractivity contribution in [1.82, 2.24) is 15.1 Å². The van der Waals surface area contributed by atoms with Crippen LogP contribution in [0.5, 0.6) is 0 Å². The first kappa shape index (κ1) is 9.51. The normalized spacial score (nSPS) is 12.1. The van der Waals surface area contributed by atoms with Crippen molar-refractivity contribution in [3.63, 3.8) is 0 Å². The van der Waals surface area contributed by atoms with E-state index >= 15 is 0 Å². The molecule has 0 aliphatic rings. The van der Waals surface area contributed by atoms with Crippen LogP contribution in [-0.2, 0) is 12.6 Å². The molecule has 0 unspecified atom stereocenters. The zero-order chi connectivity index (χ0) is 9.35. The van der Waals surface area contributed by atoms with E-state index in [1.54, 1.807) is 21.2 Å². The largest absolute Gasteiger partial charge is 0.357 e. The smallest absolute Gasteiger partial charge is 0.131 e. The lowest BCUT2D eigenvalue weighted by molar-refractivity contribution is -0.767. The van der Waals surface area contributed by atoms with E-state index in [1.165, 1.54) is 0 Å². The Kier molecular flexibility index (Phi) is 2.41. The molecule has 0 N–H and O–H groups in total. The molecule has 0 aromatic carbocycles. The molecule has 68 valence electrons. The fourth-order valence-electron chi connectivity index (χ4n) is 0.788. The van der Waals surface area contributed by atoms with E-state index in [1.807, 2.05) is 13.3 Å². The topological polar surface area (TPSA) is 34.6 Å². The molecule has 4 nitrogen and oxygen atoms in total. The summed E-state index contributed by atoms with van der Waals surface area (Å²) in [5.41, 5.74) is -0.0360. The van der Waals surface area contributed by atoms with Gasteiger partial charge in [0, 0.05) is 0 Å². The minimum Gasteiger partial charge on any atom is -0.131 e. The highest BCUT2D eigenvalue weighted by molar-refractivity contribution is 7.98. The minimum atomic E-state index is -0.0360. The maximum Gasteiger partial charge on any atom is 0.357 e. The maximum absolute atomic E-state index is 4.33. The summed E-state index contributed by atoms with van der Waals surface area (Å²) in [4.78, 5) is 1.73. The second kappa shape index (κ2) is 3.05. The van der Waals surface area contributed by atoms with Crippen LogP contribution in [0, 0.1) is 0 Å². The van der Waals surface area contributed by atoms with E-state index in [2.05, 4.69) is 31.1 Å². The molecule has 5 heteroatoms. The van der Waals surface area contributed by atoms with Gasteiger partial charge in [-0.25, -0.2) is 0 Å². The van der Waals surface area contributed by atoms with E-state index in [-0.39, 0.29) is 5.54 Å². The molecule has 0 radical (unpaired) electrons. The van der Waals surface area contributed by atoms with E-state index in [4.69, 9.17) is 0 Å². The summed E-state index contributed by atoms with van der Waals surface area (Å²) in [6.45, 7) is 6.24. The second-order valence-electron chi connectivity index (χ2n) is 3.66. The summed E-state index contributed by atoms with van der Waals surface area (Å²) in [7, 11) is 1.90. The lowest BCUT2D eigenvalue weighted by atomic mass is 10.1. The Morgan fingerprint density at radius 2 is 2.00 bits per heavy atom. The van der Waals surface area contributed by atoms with Crippen LogP contribution < -0.4 is 4.68 Å². The van der Waals surface area contributed by atoms with Crippen molar-refractivity contribution in [2.24, 2.45) is 7.05 Å². The SMILES string of the molecule is CSc1nn(C(C)(C)C)n[n+]1C. The van der Waals surface area contributed by atoms with Crippen molar-refractivity contribution < 1.29 is 4.68 Å². The van der Waals surface area contributed by atoms with Crippen molar-refractivity contribution in [3.05, 3.63) is 0 Å². The molecule has 0 bridgehead atoms. The number of aryl methyl sites for hydroxylation is 1. The second-order valence-corrected chi connectivity index (χ2v) is 4.43. The maximum atomic E-state index is 4.33. The molecular weight excluding hydrogens is 172 g/mol. The van der Waals surface area contributed by atoms with Crippen molar-refractivity contribution in [2.45, 2.75) is 31.5 Å². The van der Waals surface area contributed by atoms with Crippen LogP contribution in [0.25, 0.3) is 0 Å². The van der Waals surface area contributed by atoms with Gasteiger partial charge < -0.3 is 0 Å². The molecule has 12 heavy (non-hydrogen) atoms. The third-order valence-corrected chi connectivity index (χ3v) is 2.17. The first-order chi connectivity index (χ1) is 5.45. The Morgan fingerprint density at radius 3 is 2.25 bits per heavy atom. The molecule has 0 amide bonds. The van der Waals surface area contributed by atoms with Crippen molar-refractivity contribution >= 4 is 11.8 Å². The molecule has 1 rings (SSSR count). The molecule has 0 aliphatic heterocycles. The van der Waals surface area contributed by atoms with Gasteiger partial charge in [-0.1, -0.05) is 11.8 Å². The summed E-state index contributed by atoms with van der Waals surface area (Å²) in [6.07, 6.45) is 2.00. The monoisotopic (exact) mass is 187 g/mol. The lowest BCUT2D eigenvalue weighted by Crippen LogP contribution is -2.35. The molecule has 1 heterocycles. The first-order valence-electron chi connectivity index (χ1n) is 3.83. The van der Waals surface area contributed by atoms with E-state index in [0.717, 1.165) is 5.16 Å². The molecule has 1 aromatic heterocycles. The van der Waals surface area contributed by atoms with Crippen LogP contribution in [-0.4, -0.2) is 21.4 Å². The summed E-state index contributed by atoms with van der Waals surface area (Å²) < 4.78 is 1.79. The molecule has 0 spiro atoms. The zero-order valence-electron chi connectivity index (χ0n) is 8.20. The molecule has 0 fully saturated rings. The third kappa shape index (κ3) is 1.77. The summed E-state index contributed by atoms with van der Waals surface area (Å²) in [5.74, 6) is 0. The average molecular weight is 187 g/mol. The van der Waals surface area contributed by atoms with Crippen LogP contribution >= 0.6 is 11.8 Å². The summed E-state index contributed by atoms with van der Waals surface area (Å²) in [6, 6.07) is 0. The lowest BCUT2D eigenvalue weighted by Gasteiger charge is -2.07. The molecular formula is C7H15N4S+. The predicted octanol–water partition coefficient (Wildman–Crippen LogP) is 0.579. The van der Waals surface area contributed by atoms with Gasteiger partial charge in [-0.3, -0.25) is 0 Å². The van der Waals surface area contributed by atoms with Gasteiger partial charge in [0.1, 0.15) is 5.54 Å². The number of rotatable bonds is 1. The fourth-order valence-corrected chi connectivity index (χ4v) is 1.25. The number of tetrazole rings is 1. The van der Waals surface area contributed by atoms with Gasteiger partial charge in [-0.05, 0) is 31.8 Å². The van der Waals surface area contributed by atoms with Gasteiger partial charge in [-0.15, -0.1) is 4.68 Å². The standard InChI is InChI=1S/C7H15N4S/c1-7(2,3)11-8-6(12-5)10(4)9-11/h1-5H3/q+1.